The molecule has 0 saturated heterocycles. The molecule has 7 heteroatoms. The van der Waals surface area contributed by atoms with Gasteiger partial charge in [0.15, 0.2) is 0 Å². The molecule has 0 radical (unpaired) electrons. The van der Waals surface area contributed by atoms with Gasteiger partial charge in [0.1, 0.15) is 30.3 Å². The summed E-state index contributed by atoms with van der Waals surface area (Å²) in [6, 6.07) is 9.48. The van der Waals surface area contributed by atoms with Crippen molar-refractivity contribution in [1.29, 1.82) is 0 Å². The van der Waals surface area contributed by atoms with Crippen LogP contribution in [0.1, 0.15) is 69.4 Å². The number of aromatic carboxylic acids is 1. The van der Waals surface area contributed by atoms with Gasteiger partial charge in [-0.05, 0) is 80.0 Å². The number of ether oxygens (including phenoxy) is 2. The molecule has 0 aliphatic carbocycles. The van der Waals surface area contributed by atoms with Gasteiger partial charge in [0.25, 0.3) is 6.47 Å². The molecule has 8 rings (SSSR count). The molecule has 0 atom stereocenters. The number of hydrogen-bond donors (Lipinski definition) is 1. The van der Waals surface area contributed by atoms with Crippen LogP contribution in [0.25, 0.3) is 5.57 Å². The number of hydrogen-bond acceptors (Lipinski definition) is 5. The van der Waals surface area contributed by atoms with E-state index < -0.39 is 5.97 Å². The van der Waals surface area contributed by atoms with Crippen LogP contribution in [0.5, 0.6) is 17.2 Å². The summed E-state index contributed by atoms with van der Waals surface area (Å²) < 4.78 is 14.6. The summed E-state index contributed by atoms with van der Waals surface area (Å²) in [7, 11) is 0. The number of rotatable bonds is 4. The summed E-state index contributed by atoms with van der Waals surface area (Å²) in [6.07, 6.45) is 8.31. The average Bonchev–Trinajstić information content (AvgIpc) is 2.97. The van der Waals surface area contributed by atoms with E-state index in [0.29, 0.717) is 12.0 Å². The summed E-state index contributed by atoms with van der Waals surface area (Å²) in [6.45, 7) is 4.61. The molecule has 202 valence electrons. The van der Waals surface area contributed by atoms with Gasteiger partial charge in [-0.15, -0.1) is 0 Å². The number of carboxylic acid groups (broad SMARTS) is 1. The minimum Gasteiger partial charge on any atom is -0.478 e. The fourth-order valence-corrected chi connectivity index (χ4v) is 7.85. The van der Waals surface area contributed by atoms with Crippen LogP contribution in [0.3, 0.4) is 0 Å². The Bertz CT molecular complexity index is 1770. The first-order valence-corrected chi connectivity index (χ1v) is 14.5. The first-order valence-electron chi connectivity index (χ1n) is 14.5. The second kappa shape index (κ2) is 8.95. The van der Waals surface area contributed by atoms with E-state index in [1.807, 2.05) is 0 Å². The van der Waals surface area contributed by atoms with Crippen molar-refractivity contribution in [3.05, 3.63) is 79.9 Å². The first kappa shape index (κ1) is 23.7. The summed E-state index contributed by atoms with van der Waals surface area (Å²) in [5.41, 5.74) is 9.15. The summed E-state index contributed by atoms with van der Waals surface area (Å²) in [5.74, 6) is 0.948. The van der Waals surface area contributed by atoms with E-state index in [9.17, 15) is 14.7 Å². The number of anilines is 1. The molecule has 0 spiro atoms. The molecular weight excluding hydrogens is 504 g/mol. The van der Waals surface area contributed by atoms with Gasteiger partial charge >= 0.3 is 5.97 Å². The number of carbonyl (C=O) groups excluding carboxylic acids is 1. The Morgan fingerprint density at radius 1 is 0.900 bits per heavy atom. The van der Waals surface area contributed by atoms with E-state index in [1.165, 1.54) is 39.4 Å². The van der Waals surface area contributed by atoms with Crippen molar-refractivity contribution in [3.8, 4) is 17.2 Å². The SMILES string of the molecule is O=COc1ccc(C2=c3cc4c5c(c3Oc3c2cc2c6c3CCCN6CCC2)CCC[N+]=5CCC4)c(C(=O)O)c1. The molecule has 3 aromatic carbocycles. The molecule has 5 heterocycles. The predicted molar refractivity (Wildman–Crippen MR) is 150 cm³/mol. The topological polar surface area (TPSA) is 79.1 Å². The van der Waals surface area contributed by atoms with Crippen molar-refractivity contribution in [2.24, 2.45) is 0 Å². The highest BCUT2D eigenvalue weighted by molar-refractivity contribution is 5.99. The Labute approximate surface area is 232 Å². The van der Waals surface area contributed by atoms with E-state index in [0.717, 1.165) is 105 Å². The second-order valence-electron chi connectivity index (χ2n) is 11.6. The Balaban J connectivity index is 1.52. The Hall–Kier alpha value is -4.13. The summed E-state index contributed by atoms with van der Waals surface area (Å²) in [4.78, 5) is 26.2. The van der Waals surface area contributed by atoms with Gasteiger partial charge in [-0.25, -0.2) is 9.37 Å². The molecule has 7 nitrogen and oxygen atoms in total. The summed E-state index contributed by atoms with van der Waals surface area (Å²) >= 11 is 0. The minimum absolute atomic E-state index is 0.120. The van der Waals surface area contributed by atoms with Gasteiger partial charge in [0, 0.05) is 59.1 Å². The van der Waals surface area contributed by atoms with Crippen molar-refractivity contribution >= 4 is 23.7 Å². The largest absolute Gasteiger partial charge is 0.478 e. The molecule has 1 N–H and O–H groups in total. The van der Waals surface area contributed by atoms with Gasteiger partial charge in [0.2, 0.25) is 5.36 Å². The van der Waals surface area contributed by atoms with Crippen molar-refractivity contribution in [3.63, 3.8) is 0 Å². The van der Waals surface area contributed by atoms with Crippen LogP contribution < -0.4 is 29.5 Å². The van der Waals surface area contributed by atoms with Crippen LogP contribution in [-0.4, -0.2) is 43.7 Å². The molecule has 0 fully saturated rings. The molecular formula is C33H31N2O5+. The number of fused-ring (bicyclic) bond motifs is 4. The highest BCUT2D eigenvalue weighted by Crippen LogP contribution is 2.48. The van der Waals surface area contributed by atoms with Gasteiger partial charge in [-0.1, -0.05) is 0 Å². The maximum absolute atomic E-state index is 12.7. The highest BCUT2D eigenvalue weighted by Gasteiger charge is 2.36. The fraction of sp³-hybridized carbons (Fsp3) is 0.364. The van der Waals surface area contributed by atoms with Crippen LogP contribution in [0.15, 0.2) is 30.3 Å². The standard InChI is InChI=1S/C33H30N2O5/c36-18-39-21-9-10-22(25(17-21)33(37)38)28-26-15-19-5-1-11-34-13-3-7-23(29(19)34)31(26)40-32-24-8-4-14-35-12-2-6-20(30(24)35)16-27(28)32/h9-10,15-18H,1-8,11-14H2/p+1. The Kier molecular flexibility index (Phi) is 5.31. The Morgan fingerprint density at radius 2 is 1.68 bits per heavy atom. The maximum atomic E-state index is 12.7. The van der Waals surface area contributed by atoms with E-state index in [4.69, 9.17) is 9.47 Å². The van der Waals surface area contributed by atoms with Crippen LogP contribution >= 0.6 is 0 Å². The summed E-state index contributed by atoms with van der Waals surface area (Å²) in [5, 5.41) is 12.7. The van der Waals surface area contributed by atoms with E-state index >= 15 is 0 Å². The van der Waals surface area contributed by atoms with E-state index in [-0.39, 0.29) is 11.3 Å². The molecule has 0 unspecified atom stereocenters. The number of carbonyl (C=O) groups is 2. The van der Waals surface area contributed by atoms with Crippen LogP contribution in [-0.2, 0) is 30.5 Å². The van der Waals surface area contributed by atoms with Gasteiger partial charge in [-0.2, -0.15) is 0 Å². The molecule has 5 aliphatic rings. The lowest BCUT2D eigenvalue weighted by Crippen LogP contribution is -2.45. The number of nitrogens with zero attached hydrogens (tertiary/aromatic N) is 2. The van der Waals surface area contributed by atoms with Gasteiger partial charge < -0.3 is 19.5 Å². The van der Waals surface area contributed by atoms with Crippen molar-refractivity contribution in [2.75, 3.05) is 31.1 Å². The maximum Gasteiger partial charge on any atom is 0.336 e. The lowest BCUT2D eigenvalue weighted by molar-refractivity contribution is -0.120. The van der Waals surface area contributed by atoms with Crippen LogP contribution in [0.2, 0.25) is 0 Å². The number of carboxylic acids is 1. The zero-order valence-corrected chi connectivity index (χ0v) is 22.4. The Morgan fingerprint density at radius 3 is 2.50 bits per heavy atom. The average molecular weight is 536 g/mol. The highest BCUT2D eigenvalue weighted by atomic mass is 16.5. The molecule has 0 saturated carbocycles. The van der Waals surface area contributed by atoms with Crippen molar-refractivity contribution in [2.45, 2.75) is 51.4 Å². The normalized spacial score (nSPS) is 18.1. The van der Waals surface area contributed by atoms with Crippen LogP contribution in [0.4, 0.5) is 5.69 Å². The fourth-order valence-electron chi connectivity index (χ4n) is 7.85. The molecule has 0 aromatic heterocycles. The number of benzene rings is 3. The van der Waals surface area contributed by atoms with E-state index in [1.54, 1.807) is 12.1 Å². The van der Waals surface area contributed by atoms with Crippen LogP contribution in [0, 0.1) is 0 Å². The van der Waals surface area contributed by atoms with Crippen molar-refractivity contribution in [1.82, 2.24) is 4.58 Å². The molecule has 0 amide bonds. The monoisotopic (exact) mass is 535 g/mol. The third-order valence-corrected chi connectivity index (χ3v) is 9.36. The molecule has 40 heavy (non-hydrogen) atoms. The molecule has 5 aliphatic heterocycles. The lowest BCUT2D eigenvalue weighted by Gasteiger charge is -2.39. The van der Waals surface area contributed by atoms with Crippen molar-refractivity contribution < 1.29 is 24.2 Å². The first-order chi connectivity index (χ1) is 19.6. The lowest BCUT2D eigenvalue weighted by atomic mass is 9.82. The predicted octanol–water partition coefficient (Wildman–Crippen LogP) is 3.36. The van der Waals surface area contributed by atoms with Gasteiger partial charge in [0.05, 0.1) is 11.1 Å². The molecule has 3 aromatic rings. The smallest absolute Gasteiger partial charge is 0.336 e. The second-order valence-corrected chi connectivity index (χ2v) is 11.6. The minimum atomic E-state index is -1.05. The van der Waals surface area contributed by atoms with Gasteiger partial charge in [-0.3, -0.25) is 4.79 Å². The number of aryl methyl sites for hydroxylation is 2. The third-order valence-electron chi connectivity index (χ3n) is 9.36. The molecule has 0 bridgehead atoms. The third kappa shape index (κ3) is 3.39. The zero-order chi connectivity index (χ0) is 27.0. The quantitative estimate of drug-likeness (QED) is 0.319. The zero-order valence-electron chi connectivity index (χ0n) is 22.4. The van der Waals surface area contributed by atoms with E-state index in [2.05, 4.69) is 21.6 Å².